The summed E-state index contributed by atoms with van der Waals surface area (Å²) in [6.45, 7) is 0.979. The van der Waals surface area contributed by atoms with Crippen LogP contribution in [0, 0.1) is 0 Å². The zero-order valence-corrected chi connectivity index (χ0v) is 18.6. The third kappa shape index (κ3) is 6.60. The Balaban J connectivity index is 1.74. The van der Waals surface area contributed by atoms with Gasteiger partial charge in [-0.3, -0.25) is 14.6 Å². The number of hydrogen-bond acceptors (Lipinski definition) is 5. The fourth-order valence-electron chi connectivity index (χ4n) is 2.98. The second-order valence-electron chi connectivity index (χ2n) is 6.81. The van der Waals surface area contributed by atoms with Crippen molar-refractivity contribution in [2.75, 3.05) is 29.9 Å². The van der Waals surface area contributed by atoms with Gasteiger partial charge in [0.15, 0.2) is 0 Å². The van der Waals surface area contributed by atoms with Crippen LogP contribution in [0.5, 0.6) is 5.75 Å². The molecule has 3 N–H and O–H groups in total. The lowest BCUT2D eigenvalue weighted by Crippen LogP contribution is -2.34. The van der Waals surface area contributed by atoms with Crippen LogP contribution in [0.4, 0.5) is 11.4 Å². The number of amides is 2. The summed E-state index contributed by atoms with van der Waals surface area (Å²) in [4.78, 5) is 30.0. The molecule has 0 bridgehead atoms. The monoisotopic (exact) mass is 472 g/mol. The van der Waals surface area contributed by atoms with Gasteiger partial charge < -0.3 is 20.7 Å². The molecular weight excluding hydrogens is 451 g/mol. The van der Waals surface area contributed by atoms with E-state index in [1.807, 2.05) is 12.1 Å². The first-order valence-electron chi connectivity index (χ1n) is 9.86. The van der Waals surface area contributed by atoms with Gasteiger partial charge in [0.2, 0.25) is 5.91 Å². The van der Waals surface area contributed by atoms with Crippen LogP contribution in [0.2, 0.25) is 10.0 Å². The number of aromatic nitrogens is 1. The van der Waals surface area contributed by atoms with Crippen molar-refractivity contribution in [2.24, 2.45) is 5.73 Å². The standard InChI is InChI=1S/C23H22Cl2N4O3/c24-17-13-16(14-19(15-17)32-12-10-28-18-5-8-27-9-6-18)23(31)29(11-7-22(26)30)21-4-2-1-3-20(21)25/h1-6,8-9,13-15H,7,10-12H2,(H2,26,30)(H,27,28). The number of benzene rings is 2. The summed E-state index contributed by atoms with van der Waals surface area (Å²) < 4.78 is 5.77. The molecule has 7 nitrogen and oxygen atoms in total. The number of anilines is 2. The van der Waals surface area contributed by atoms with Crippen molar-refractivity contribution in [1.29, 1.82) is 0 Å². The van der Waals surface area contributed by atoms with Crippen molar-refractivity contribution in [1.82, 2.24) is 4.98 Å². The van der Waals surface area contributed by atoms with Crippen molar-refractivity contribution in [3.63, 3.8) is 0 Å². The fraction of sp³-hybridized carbons (Fsp3) is 0.174. The van der Waals surface area contributed by atoms with Gasteiger partial charge in [0.25, 0.3) is 5.91 Å². The topological polar surface area (TPSA) is 97.6 Å². The molecule has 32 heavy (non-hydrogen) atoms. The minimum absolute atomic E-state index is 0.0123. The van der Waals surface area contributed by atoms with Crippen LogP contribution in [0.15, 0.2) is 67.0 Å². The third-order valence-electron chi connectivity index (χ3n) is 4.47. The Kier molecular flexibility index (Phi) is 8.30. The van der Waals surface area contributed by atoms with Gasteiger partial charge in [-0.2, -0.15) is 0 Å². The number of primary amides is 1. The van der Waals surface area contributed by atoms with Crippen molar-refractivity contribution < 1.29 is 14.3 Å². The Hall–Kier alpha value is -3.29. The molecular formula is C23H22Cl2N4O3. The van der Waals surface area contributed by atoms with Gasteiger partial charge in [-0.15, -0.1) is 0 Å². The highest BCUT2D eigenvalue weighted by atomic mass is 35.5. The van der Waals surface area contributed by atoms with E-state index in [0.717, 1.165) is 5.69 Å². The molecule has 0 aliphatic rings. The number of hydrogen-bond donors (Lipinski definition) is 2. The minimum atomic E-state index is -0.522. The molecule has 1 heterocycles. The molecule has 3 rings (SSSR count). The smallest absolute Gasteiger partial charge is 0.258 e. The van der Waals surface area contributed by atoms with Crippen LogP contribution < -0.4 is 20.7 Å². The van der Waals surface area contributed by atoms with Crippen molar-refractivity contribution in [2.45, 2.75) is 6.42 Å². The largest absolute Gasteiger partial charge is 0.492 e. The molecule has 0 saturated carbocycles. The summed E-state index contributed by atoms with van der Waals surface area (Å²) in [5, 5.41) is 3.94. The van der Waals surface area contributed by atoms with E-state index in [2.05, 4.69) is 10.3 Å². The van der Waals surface area contributed by atoms with Crippen LogP contribution in [-0.4, -0.2) is 36.5 Å². The van der Waals surface area contributed by atoms with Crippen LogP contribution in [0.1, 0.15) is 16.8 Å². The minimum Gasteiger partial charge on any atom is -0.492 e. The summed E-state index contributed by atoms with van der Waals surface area (Å²) >= 11 is 12.5. The number of nitrogens with two attached hydrogens (primary N) is 1. The quantitative estimate of drug-likeness (QED) is 0.426. The van der Waals surface area contributed by atoms with Crippen LogP contribution in [0.3, 0.4) is 0 Å². The number of rotatable bonds is 10. The maximum absolute atomic E-state index is 13.3. The Morgan fingerprint density at radius 1 is 1.06 bits per heavy atom. The molecule has 0 spiro atoms. The van der Waals surface area contributed by atoms with E-state index in [-0.39, 0.29) is 18.9 Å². The van der Waals surface area contributed by atoms with Gasteiger partial charge in [0, 0.05) is 48.2 Å². The summed E-state index contributed by atoms with van der Waals surface area (Å²) in [5.74, 6) is -0.445. The highest BCUT2D eigenvalue weighted by Crippen LogP contribution is 2.29. The first-order chi connectivity index (χ1) is 15.4. The SMILES string of the molecule is NC(=O)CCN(C(=O)c1cc(Cl)cc(OCCNc2ccncc2)c1)c1ccccc1Cl. The van der Waals surface area contributed by atoms with E-state index in [9.17, 15) is 9.59 Å². The molecule has 0 aliphatic carbocycles. The van der Waals surface area contributed by atoms with E-state index >= 15 is 0 Å². The lowest BCUT2D eigenvalue weighted by Gasteiger charge is -2.24. The average Bonchev–Trinajstić information content (AvgIpc) is 2.78. The molecule has 0 fully saturated rings. The molecule has 0 unspecified atom stereocenters. The van der Waals surface area contributed by atoms with Crippen LogP contribution >= 0.6 is 23.2 Å². The zero-order valence-electron chi connectivity index (χ0n) is 17.1. The second kappa shape index (κ2) is 11.4. The van der Waals surface area contributed by atoms with Crippen LogP contribution in [0.25, 0.3) is 0 Å². The summed E-state index contributed by atoms with van der Waals surface area (Å²) in [5.41, 5.74) is 7.00. The maximum Gasteiger partial charge on any atom is 0.258 e. The predicted octanol–water partition coefficient (Wildman–Crippen LogP) is 4.40. The number of carbonyl (C=O) groups excluding carboxylic acids is 2. The Labute approximate surface area is 196 Å². The molecule has 2 amide bonds. The van der Waals surface area contributed by atoms with E-state index in [1.165, 1.54) is 4.90 Å². The highest BCUT2D eigenvalue weighted by molar-refractivity contribution is 6.34. The molecule has 2 aromatic carbocycles. The summed E-state index contributed by atoms with van der Waals surface area (Å²) in [6.07, 6.45) is 3.38. The van der Waals surface area contributed by atoms with Crippen molar-refractivity contribution >= 4 is 46.4 Å². The first kappa shape index (κ1) is 23.4. The molecule has 1 aromatic heterocycles. The summed E-state index contributed by atoms with van der Waals surface area (Å²) in [6, 6.07) is 15.4. The number of halogens is 2. The second-order valence-corrected chi connectivity index (χ2v) is 7.65. The Morgan fingerprint density at radius 3 is 2.53 bits per heavy atom. The number of nitrogens with one attached hydrogen (secondary N) is 1. The average molecular weight is 473 g/mol. The van der Waals surface area contributed by atoms with Gasteiger partial charge in [0.1, 0.15) is 12.4 Å². The van der Waals surface area contributed by atoms with Gasteiger partial charge in [0.05, 0.1) is 10.7 Å². The third-order valence-corrected chi connectivity index (χ3v) is 5.01. The molecule has 9 heteroatoms. The lowest BCUT2D eigenvalue weighted by atomic mass is 10.1. The number of para-hydroxylation sites is 1. The van der Waals surface area contributed by atoms with Gasteiger partial charge in [-0.25, -0.2) is 0 Å². The maximum atomic E-state index is 13.3. The molecule has 0 aliphatic heterocycles. The van der Waals surface area contributed by atoms with Crippen LogP contribution in [-0.2, 0) is 4.79 Å². The van der Waals surface area contributed by atoms with Gasteiger partial charge >= 0.3 is 0 Å². The van der Waals surface area contributed by atoms with Crippen molar-refractivity contribution in [3.8, 4) is 5.75 Å². The van der Waals surface area contributed by atoms with E-state index < -0.39 is 5.91 Å². The summed E-state index contributed by atoms with van der Waals surface area (Å²) in [7, 11) is 0. The lowest BCUT2D eigenvalue weighted by molar-refractivity contribution is -0.117. The fourth-order valence-corrected chi connectivity index (χ4v) is 3.45. The number of pyridine rings is 1. The first-order valence-corrected chi connectivity index (χ1v) is 10.6. The van der Waals surface area contributed by atoms with E-state index in [1.54, 1.807) is 54.9 Å². The number of nitrogens with zero attached hydrogens (tertiary/aromatic N) is 2. The van der Waals surface area contributed by atoms with Crippen molar-refractivity contribution in [3.05, 3.63) is 82.6 Å². The zero-order chi connectivity index (χ0) is 22.9. The molecule has 166 valence electrons. The Bertz CT molecular complexity index is 1080. The van der Waals surface area contributed by atoms with Gasteiger partial charge in [-0.1, -0.05) is 35.3 Å². The van der Waals surface area contributed by atoms with E-state index in [4.69, 9.17) is 33.7 Å². The van der Waals surface area contributed by atoms with Gasteiger partial charge in [-0.05, 0) is 42.5 Å². The number of ether oxygens (including phenoxy) is 1. The highest BCUT2D eigenvalue weighted by Gasteiger charge is 2.21. The molecule has 3 aromatic rings. The normalized spacial score (nSPS) is 10.4. The molecule has 0 saturated heterocycles. The van der Waals surface area contributed by atoms with E-state index in [0.29, 0.717) is 40.2 Å². The molecule has 0 atom stereocenters. The molecule has 0 radical (unpaired) electrons. The Morgan fingerprint density at radius 2 is 1.81 bits per heavy atom. The predicted molar refractivity (Wildman–Crippen MR) is 127 cm³/mol. The number of carbonyl (C=O) groups is 2.